The van der Waals surface area contributed by atoms with Gasteiger partial charge in [0.25, 0.3) is 0 Å². The predicted octanol–water partition coefficient (Wildman–Crippen LogP) is 2.91. The zero-order valence-electron chi connectivity index (χ0n) is 12.0. The van der Waals surface area contributed by atoms with Gasteiger partial charge in [-0.15, -0.1) is 11.3 Å². The van der Waals surface area contributed by atoms with Gasteiger partial charge >= 0.3 is 0 Å². The molecular weight excluding hydrogens is 340 g/mol. The molecule has 0 spiro atoms. The maximum absolute atomic E-state index is 12.6. The fourth-order valence-electron chi connectivity index (χ4n) is 2.51. The average molecular weight is 357 g/mol. The molecule has 2 aromatic rings. The molecule has 1 fully saturated rings. The van der Waals surface area contributed by atoms with Crippen LogP contribution in [-0.4, -0.2) is 43.8 Å². The van der Waals surface area contributed by atoms with Gasteiger partial charge in [0.2, 0.25) is 10.0 Å². The van der Waals surface area contributed by atoms with E-state index in [0.717, 1.165) is 19.6 Å². The van der Waals surface area contributed by atoms with Crippen LogP contribution in [0.4, 0.5) is 0 Å². The molecule has 3 rings (SSSR count). The van der Waals surface area contributed by atoms with E-state index in [1.807, 2.05) is 6.07 Å². The molecule has 0 bridgehead atoms. The molecule has 1 saturated heterocycles. The second kappa shape index (κ2) is 6.68. The van der Waals surface area contributed by atoms with E-state index >= 15 is 0 Å². The van der Waals surface area contributed by atoms with Crippen LogP contribution < -0.4 is 0 Å². The van der Waals surface area contributed by atoms with E-state index < -0.39 is 10.0 Å². The van der Waals surface area contributed by atoms with Crippen molar-refractivity contribution in [1.82, 2.24) is 9.21 Å². The largest absolute Gasteiger partial charge is 0.296 e. The number of benzene rings is 1. The first-order valence-electron chi connectivity index (χ1n) is 7.06. The molecule has 0 N–H and O–H groups in total. The summed E-state index contributed by atoms with van der Waals surface area (Å²) in [6.45, 7) is 3.45. The summed E-state index contributed by atoms with van der Waals surface area (Å²) >= 11 is 7.56. The molecular formula is C15H17ClN2O2S2. The summed E-state index contributed by atoms with van der Waals surface area (Å²) in [4.78, 5) is 3.91. The topological polar surface area (TPSA) is 40.6 Å². The van der Waals surface area contributed by atoms with Crippen molar-refractivity contribution < 1.29 is 8.42 Å². The Bertz CT molecular complexity index is 707. The van der Waals surface area contributed by atoms with E-state index in [0.29, 0.717) is 23.0 Å². The minimum atomic E-state index is -3.41. The summed E-state index contributed by atoms with van der Waals surface area (Å²) in [6, 6.07) is 10.5. The van der Waals surface area contributed by atoms with Crippen molar-refractivity contribution >= 4 is 33.0 Å². The molecule has 0 atom stereocenters. The molecule has 1 aromatic heterocycles. The van der Waals surface area contributed by atoms with Gasteiger partial charge in [0.1, 0.15) is 0 Å². The highest BCUT2D eigenvalue weighted by Gasteiger charge is 2.28. The quantitative estimate of drug-likeness (QED) is 0.845. The lowest BCUT2D eigenvalue weighted by Crippen LogP contribution is -2.48. The SMILES string of the molecule is O=S(=O)(c1ccc(Cl)cc1)N1CCN(Cc2cccs2)CC1. The summed E-state index contributed by atoms with van der Waals surface area (Å²) in [6.07, 6.45) is 0. The Hall–Kier alpha value is -0.920. The smallest absolute Gasteiger partial charge is 0.243 e. The first kappa shape index (κ1) is 16.0. The molecule has 22 heavy (non-hydrogen) atoms. The lowest BCUT2D eigenvalue weighted by atomic mass is 10.3. The van der Waals surface area contributed by atoms with Crippen molar-refractivity contribution in [2.75, 3.05) is 26.2 Å². The van der Waals surface area contributed by atoms with E-state index in [1.54, 1.807) is 39.9 Å². The van der Waals surface area contributed by atoms with Crippen molar-refractivity contribution in [2.45, 2.75) is 11.4 Å². The Morgan fingerprint density at radius 1 is 1.05 bits per heavy atom. The summed E-state index contributed by atoms with van der Waals surface area (Å²) in [7, 11) is -3.41. The van der Waals surface area contributed by atoms with Gasteiger partial charge in [-0.05, 0) is 35.7 Å². The van der Waals surface area contributed by atoms with Crippen LogP contribution in [0.3, 0.4) is 0 Å². The molecule has 0 aliphatic carbocycles. The standard InChI is InChI=1S/C15H17ClN2O2S2/c16-13-3-5-15(6-4-13)22(19,20)18-9-7-17(8-10-18)12-14-2-1-11-21-14/h1-6,11H,7-10,12H2. The zero-order chi connectivity index (χ0) is 15.6. The number of piperazine rings is 1. The van der Waals surface area contributed by atoms with Crippen molar-refractivity contribution in [3.05, 3.63) is 51.7 Å². The van der Waals surface area contributed by atoms with Gasteiger partial charge in [-0.2, -0.15) is 4.31 Å². The summed E-state index contributed by atoms with van der Waals surface area (Å²) in [5.41, 5.74) is 0. The number of rotatable bonds is 4. The van der Waals surface area contributed by atoms with Crippen LogP contribution in [0.1, 0.15) is 4.88 Å². The highest BCUT2D eigenvalue weighted by atomic mass is 35.5. The Labute approximate surface area is 140 Å². The van der Waals surface area contributed by atoms with Crippen molar-refractivity contribution in [3.63, 3.8) is 0 Å². The van der Waals surface area contributed by atoms with Crippen LogP contribution in [0.2, 0.25) is 5.02 Å². The number of sulfonamides is 1. The average Bonchev–Trinajstić information content (AvgIpc) is 3.01. The second-order valence-electron chi connectivity index (χ2n) is 5.21. The first-order valence-corrected chi connectivity index (χ1v) is 9.76. The summed E-state index contributed by atoms with van der Waals surface area (Å²) in [5.74, 6) is 0. The highest BCUT2D eigenvalue weighted by molar-refractivity contribution is 7.89. The molecule has 4 nitrogen and oxygen atoms in total. The molecule has 7 heteroatoms. The number of hydrogen-bond donors (Lipinski definition) is 0. The maximum Gasteiger partial charge on any atom is 0.243 e. The van der Waals surface area contributed by atoms with Crippen LogP contribution in [0.15, 0.2) is 46.7 Å². The molecule has 1 aromatic carbocycles. The third-order valence-corrected chi connectivity index (χ3v) is 6.77. The normalized spacial score (nSPS) is 17.7. The molecule has 0 unspecified atom stereocenters. The minimum absolute atomic E-state index is 0.309. The highest BCUT2D eigenvalue weighted by Crippen LogP contribution is 2.21. The van der Waals surface area contributed by atoms with Crippen LogP contribution in [0, 0.1) is 0 Å². The lowest BCUT2D eigenvalue weighted by Gasteiger charge is -2.33. The van der Waals surface area contributed by atoms with Gasteiger partial charge in [0.05, 0.1) is 4.90 Å². The molecule has 2 heterocycles. The van der Waals surface area contributed by atoms with Crippen molar-refractivity contribution in [1.29, 1.82) is 0 Å². The Morgan fingerprint density at radius 3 is 2.32 bits per heavy atom. The van der Waals surface area contributed by atoms with Gasteiger partial charge < -0.3 is 0 Å². The third-order valence-electron chi connectivity index (χ3n) is 3.74. The van der Waals surface area contributed by atoms with Gasteiger partial charge in [0, 0.05) is 42.6 Å². The second-order valence-corrected chi connectivity index (χ2v) is 8.62. The maximum atomic E-state index is 12.6. The van der Waals surface area contributed by atoms with Gasteiger partial charge in [-0.1, -0.05) is 17.7 Å². The number of halogens is 1. The van der Waals surface area contributed by atoms with E-state index in [-0.39, 0.29) is 0 Å². The van der Waals surface area contributed by atoms with Crippen molar-refractivity contribution in [2.24, 2.45) is 0 Å². The molecule has 1 aliphatic rings. The fourth-order valence-corrected chi connectivity index (χ4v) is 4.80. The van der Waals surface area contributed by atoms with Crippen LogP contribution >= 0.6 is 22.9 Å². The number of hydrogen-bond acceptors (Lipinski definition) is 4. The van der Waals surface area contributed by atoms with E-state index in [2.05, 4.69) is 16.3 Å². The Kier molecular flexibility index (Phi) is 4.84. The molecule has 0 saturated carbocycles. The van der Waals surface area contributed by atoms with E-state index in [9.17, 15) is 8.42 Å². The Morgan fingerprint density at radius 2 is 1.73 bits per heavy atom. The zero-order valence-corrected chi connectivity index (χ0v) is 14.4. The fraction of sp³-hybridized carbons (Fsp3) is 0.333. The molecule has 0 amide bonds. The van der Waals surface area contributed by atoms with Crippen LogP contribution in [0.5, 0.6) is 0 Å². The molecule has 118 valence electrons. The summed E-state index contributed by atoms with van der Waals surface area (Å²) < 4.78 is 26.7. The molecule has 0 radical (unpaired) electrons. The Balaban J connectivity index is 1.64. The van der Waals surface area contributed by atoms with Gasteiger partial charge in [-0.3, -0.25) is 4.90 Å². The van der Waals surface area contributed by atoms with Crippen LogP contribution in [0.25, 0.3) is 0 Å². The minimum Gasteiger partial charge on any atom is -0.296 e. The number of nitrogens with zero attached hydrogens (tertiary/aromatic N) is 2. The summed E-state index contributed by atoms with van der Waals surface area (Å²) in [5, 5.41) is 2.61. The van der Waals surface area contributed by atoms with Gasteiger partial charge in [-0.25, -0.2) is 8.42 Å². The van der Waals surface area contributed by atoms with Gasteiger partial charge in [0.15, 0.2) is 0 Å². The predicted molar refractivity (Wildman–Crippen MR) is 89.8 cm³/mol. The number of thiophene rings is 1. The van der Waals surface area contributed by atoms with Crippen molar-refractivity contribution in [3.8, 4) is 0 Å². The molecule has 1 aliphatic heterocycles. The lowest BCUT2D eigenvalue weighted by molar-refractivity contribution is 0.183. The van der Waals surface area contributed by atoms with E-state index in [1.165, 1.54) is 4.88 Å². The third kappa shape index (κ3) is 3.52. The monoisotopic (exact) mass is 356 g/mol. The van der Waals surface area contributed by atoms with Crippen LogP contribution in [-0.2, 0) is 16.6 Å². The van der Waals surface area contributed by atoms with E-state index in [4.69, 9.17) is 11.6 Å². The first-order chi connectivity index (χ1) is 10.6.